The zero-order valence-corrected chi connectivity index (χ0v) is 24.0. The number of anilines is 3. The highest BCUT2D eigenvalue weighted by atomic mass is 35.5. The van der Waals surface area contributed by atoms with Gasteiger partial charge in [0.15, 0.2) is 11.2 Å². The second-order valence-electron chi connectivity index (χ2n) is 10.5. The molecule has 9 heteroatoms. The number of nitrogens with one attached hydrogen (secondary N) is 2. The first-order chi connectivity index (χ1) is 19.1. The SMILES string of the molecule is CNc1ccc(-c2nc3c(n2C(C)C)C2(C(=O)Nc4cc(Cl)ccc42)N(c2cc(C)ccc2C)C3=O)c(OC)c1. The Morgan fingerprint density at radius 2 is 1.82 bits per heavy atom. The van der Waals surface area contributed by atoms with Crippen molar-refractivity contribution >= 4 is 40.5 Å². The van der Waals surface area contributed by atoms with Gasteiger partial charge in [-0.15, -0.1) is 0 Å². The Bertz CT molecular complexity index is 1730. The smallest absolute Gasteiger partial charge is 0.280 e. The maximum Gasteiger partial charge on any atom is 0.280 e. The second kappa shape index (κ2) is 9.13. The Kier molecular flexibility index (Phi) is 5.92. The molecule has 4 aromatic rings. The average molecular weight is 556 g/mol. The van der Waals surface area contributed by atoms with E-state index in [1.807, 2.05) is 81.8 Å². The van der Waals surface area contributed by atoms with E-state index < -0.39 is 5.54 Å². The quantitative estimate of drug-likeness (QED) is 0.301. The van der Waals surface area contributed by atoms with Gasteiger partial charge in [0, 0.05) is 46.8 Å². The van der Waals surface area contributed by atoms with Gasteiger partial charge in [-0.3, -0.25) is 14.5 Å². The summed E-state index contributed by atoms with van der Waals surface area (Å²) in [5.41, 5.74) is 4.62. The lowest BCUT2D eigenvalue weighted by Crippen LogP contribution is -2.51. The average Bonchev–Trinajstić information content (AvgIpc) is 3.53. The van der Waals surface area contributed by atoms with E-state index in [-0.39, 0.29) is 23.6 Å². The number of aryl methyl sites for hydroxylation is 2. The third-order valence-electron chi connectivity index (χ3n) is 7.80. The summed E-state index contributed by atoms with van der Waals surface area (Å²) in [6.07, 6.45) is 0. The van der Waals surface area contributed by atoms with E-state index in [0.717, 1.165) is 22.4 Å². The normalized spacial score (nSPS) is 17.4. The largest absolute Gasteiger partial charge is 0.496 e. The van der Waals surface area contributed by atoms with Gasteiger partial charge in [0.2, 0.25) is 0 Å². The van der Waals surface area contributed by atoms with E-state index in [4.69, 9.17) is 21.3 Å². The maximum absolute atomic E-state index is 14.5. The molecule has 1 spiro atoms. The minimum absolute atomic E-state index is 0.146. The zero-order chi connectivity index (χ0) is 28.5. The number of carbonyl (C=O) groups excluding carboxylic acids is 2. The Morgan fingerprint density at radius 3 is 2.52 bits per heavy atom. The molecule has 0 aliphatic carbocycles. The van der Waals surface area contributed by atoms with Crippen LogP contribution in [-0.2, 0) is 10.3 Å². The van der Waals surface area contributed by atoms with E-state index >= 15 is 0 Å². The topological polar surface area (TPSA) is 88.5 Å². The number of fused-ring (bicyclic) bond motifs is 4. The van der Waals surface area contributed by atoms with Gasteiger partial charge in [0.05, 0.1) is 18.4 Å². The van der Waals surface area contributed by atoms with E-state index in [1.165, 1.54) is 0 Å². The number of rotatable bonds is 5. The predicted molar refractivity (Wildman–Crippen MR) is 158 cm³/mol. The van der Waals surface area contributed by atoms with Gasteiger partial charge >= 0.3 is 0 Å². The Balaban J connectivity index is 1.73. The van der Waals surface area contributed by atoms with Crippen LogP contribution in [0, 0.1) is 13.8 Å². The number of carbonyl (C=O) groups is 2. The van der Waals surface area contributed by atoms with Gasteiger partial charge in [-0.25, -0.2) is 4.98 Å². The van der Waals surface area contributed by atoms with Gasteiger partial charge in [-0.2, -0.15) is 0 Å². The van der Waals surface area contributed by atoms with Crippen LogP contribution < -0.4 is 20.3 Å². The van der Waals surface area contributed by atoms with Crippen LogP contribution in [0.1, 0.15) is 52.8 Å². The third kappa shape index (κ3) is 3.42. The Morgan fingerprint density at radius 1 is 1.05 bits per heavy atom. The molecule has 0 saturated heterocycles. The van der Waals surface area contributed by atoms with Crippen molar-refractivity contribution in [3.05, 3.63) is 87.7 Å². The fourth-order valence-corrected chi connectivity index (χ4v) is 6.17. The molecule has 0 saturated carbocycles. The summed E-state index contributed by atoms with van der Waals surface area (Å²) in [6, 6.07) is 16.8. The van der Waals surface area contributed by atoms with Gasteiger partial charge in [0.1, 0.15) is 11.6 Å². The Hall–Kier alpha value is -4.30. The van der Waals surface area contributed by atoms with Crippen molar-refractivity contribution in [3.63, 3.8) is 0 Å². The van der Waals surface area contributed by atoms with Crippen LogP contribution in [0.2, 0.25) is 5.02 Å². The lowest BCUT2D eigenvalue weighted by molar-refractivity contribution is -0.119. The number of hydrogen-bond acceptors (Lipinski definition) is 5. The standard InChI is InChI=1S/C31H30ClN5O3/c1-16(2)36-27-26(35-28(36)21-11-10-20(33-5)15-25(21)40-6)29(38)37(24-13-17(3)7-8-18(24)4)31(27)22-12-9-19(32)14-23(22)34-30(31)39/h7-16,33H,1-6H3,(H,34,39). The monoisotopic (exact) mass is 555 g/mol. The summed E-state index contributed by atoms with van der Waals surface area (Å²) in [6.45, 7) is 7.96. The summed E-state index contributed by atoms with van der Waals surface area (Å²) < 4.78 is 7.75. The molecule has 1 unspecified atom stereocenters. The van der Waals surface area contributed by atoms with Crippen molar-refractivity contribution in [2.24, 2.45) is 0 Å². The number of hydrogen-bond donors (Lipinski definition) is 2. The summed E-state index contributed by atoms with van der Waals surface area (Å²) in [4.78, 5) is 35.5. The zero-order valence-electron chi connectivity index (χ0n) is 23.2. The maximum atomic E-state index is 14.5. The van der Waals surface area contributed by atoms with Crippen LogP contribution >= 0.6 is 11.6 Å². The Labute approximate surface area is 237 Å². The van der Waals surface area contributed by atoms with Crippen molar-refractivity contribution in [3.8, 4) is 17.1 Å². The molecule has 8 nitrogen and oxygen atoms in total. The molecule has 2 aliphatic rings. The third-order valence-corrected chi connectivity index (χ3v) is 8.03. The second-order valence-corrected chi connectivity index (χ2v) is 11.0. The first kappa shape index (κ1) is 26.0. The molecular weight excluding hydrogens is 526 g/mol. The molecule has 2 N–H and O–H groups in total. The van der Waals surface area contributed by atoms with Crippen molar-refractivity contribution in [2.75, 3.05) is 29.7 Å². The minimum Gasteiger partial charge on any atom is -0.496 e. The molecule has 2 aliphatic heterocycles. The fraction of sp³-hybridized carbons (Fsp3) is 0.258. The van der Waals surface area contributed by atoms with Crippen LogP contribution in [0.15, 0.2) is 54.6 Å². The molecule has 0 radical (unpaired) electrons. The highest BCUT2D eigenvalue weighted by molar-refractivity contribution is 6.31. The summed E-state index contributed by atoms with van der Waals surface area (Å²) >= 11 is 6.35. The van der Waals surface area contributed by atoms with E-state index in [0.29, 0.717) is 39.2 Å². The number of benzene rings is 3. The molecule has 0 bridgehead atoms. The van der Waals surface area contributed by atoms with E-state index in [1.54, 1.807) is 24.1 Å². The van der Waals surface area contributed by atoms with Crippen LogP contribution in [0.4, 0.5) is 17.1 Å². The van der Waals surface area contributed by atoms with Crippen molar-refractivity contribution in [2.45, 2.75) is 39.3 Å². The van der Waals surface area contributed by atoms with Crippen molar-refractivity contribution in [1.29, 1.82) is 0 Å². The molecular formula is C31H30ClN5O3. The van der Waals surface area contributed by atoms with E-state index in [2.05, 4.69) is 10.6 Å². The lowest BCUT2D eigenvalue weighted by atomic mass is 9.86. The minimum atomic E-state index is -1.49. The number of nitrogens with zero attached hydrogens (tertiary/aromatic N) is 3. The highest BCUT2D eigenvalue weighted by Gasteiger charge is 2.64. The molecule has 40 heavy (non-hydrogen) atoms. The van der Waals surface area contributed by atoms with Gasteiger partial charge in [-0.05, 0) is 69.2 Å². The first-order valence-electron chi connectivity index (χ1n) is 13.2. The number of amides is 2. The summed E-state index contributed by atoms with van der Waals surface area (Å²) in [7, 11) is 3.44. The first-order valence-corrected chi connectivity index (χ1v) is 13.5. The van der Waals surface area contributed by atoms with Crippen molar-refractivity contribution in [1.82, 2.24) is 9.55 Å². The van der Waals surface area contributed by atoms with Crippen LogP contribution in [0.3, 0.4) is 0 Å². The van der Waals surface area contributed by atoms with Gasteiger partial charge < -0.3 is 19.9 Å². The van der Waals surface area contributed by atoms with Gasteiger partial charge in [-0.1, -0.05) is 29.8 Å². The number of halogens is 1. The summed E-state index contributed by atoms with van der Waals surface area (Å²) in [5.74, 6) is 0.494. The molecule has 3 aromatic carbocycles. The molecule has 1 aromatic heterocycles. The molecule has 0 fully saturated rings. The fourth-order valence-electron chi connectivity index (χ4n) is 5.99. The number of methoxy groups -OCH3 is 1. The van der Waals surface area contributed by atoms with Gasteiger partial charge in [0.25, 0.3) is 11.8 Å². The van der Waals surface area contributed by atoms with Crippen LogP contribution in [0.5, 0.6) is 5.75 Å². The molecule has 1 atom stereocenters. The van der Waals surface area contributed by atoms with Crippen LogP contribution in [0.25, 0.3) is 11.4 Å². The predicted octanol–water partition coefficient (Wildman–Crippen LogP) is 6.31. The number of aromatic nitrogens is 2. The highest BCUT2D eigenvalue weighted by Crippen LogP contribution is 2.55. The molecule has 2 amide bonds. The molecule has 204 valence electrons. The van der Waals surface area contributed by atoms with E-state index in [9.17, 15) is 9.59 Å². The molecule has 6 rings (SSSR count). The summed E-state index contributed by atoms with van der Waals surface area (Å²) in [5, 5.41) is 6.65. The molecule has 3 heterocycles. The van der Waals surface area contributed by atoms with Crippen molar-refractivity contribution < 1.29 is 14.3 Å². The number of ether oxygens (including phenoxy) is 1. The van der Waals surface area contributed by atoms with Crippen LogP contribution in [-0.4, -0.2) is 35.5 Å². The number of imidazole rings is 1. The lowest BCUT2D eigenvalue weighted by Gasteiger charge is -2.36.